The highest BCUT2D eigenvalue weighted by Crippen LogP contribution is 2.30. The fourth-order valence-corrected chi connectivity index (χ4v) is 1.84. The molecule has 0 aliphatic heterocycles. The summed E-state index contributed by atoms with van der Waals surface area (Å²) >= 11 is 0. The van der Waals surface area contributed by atoms with Gasteiger partial charge < -0.3 is 9.47 Å². The highest BCUT2D eigenvalue weighted by atomic mass is 19.4. The van der Waals surface area contributed by atoms with Gasteiger partial charge in [0.15, 0.2) is 0 Å². The van der Waals surface area contributed by atoms with Gasteiger partial charge in [-0.3, -0.25) is 4.79 Å². The summed E-state index contributed by atoms with van der Waals surface area (Å²) in [6.07, 6.45) is -3.11. The summed E-state index contributed by atoms with van der Waals surface area (Å²) in [5.41, 5.74) is 0.0298. The number of carbonyl (C=O) groups excluding carboxylic acids is 2. The van der Waals surface area contributed by atoms with E-state index in [0.29, 0.717) is 11.1 Å². The molecule has 0 aromatic heterocycles. The second-order valence-corrected chi connectivity index (χ2v) is 4.57. The van der Waals surface area contributed by atoms with E-state index in [0.717, 1.165) is 12.1 Å². The first kappa shape index (κ1) is 18.7. The summed E-state index contributed by atoms with van der Waals surface area (Å²) in [5, 5.41) is 0. The second kappa shape index (κ2) is 8.36. The zero-order chi connectivity index (χ0) is 17.5. The molecule has 126 valence electrons. The van der Waals surface area contributed by atoms with Gasteiger partial charge in [0.2, 0.25) is 0 Å². The number of ether oxygens (including phenoxy) is 2. The van der Waals surface area contributed by atoms with Crippen LogP contribution in [0.5, 0.6) is 0 Å². The van der Waals surface area contributed by atoms with Crippen LogP contribution in [0, 0.1) is 0 Å². The van der Waals surface area contributed by atoms with E-state index in [9.17, 15) is 22.8 Å². The maximum Gasteiger partial charge on any atom is 0.416 e. The Labute approximate surface area is 131 Å². The van der Waals surface area contributed by atoms with Gasteiger partial charge in [-0.25, -0.2) is 4.79 Å². The molecule has 0 heterocycles. The predicted molar refractivity (Wildman–Crippen MR) is 77.3 cm³/mol. The third kappa shape index (κ3) is 6.14. The van der Waals surface area contributed by atoms with Crippen molar-refractivity contribution < 1.29 is 32.2 Å². The van der Waals surface area contributed by atoms with Gasteiger partial charge in [0.25, 0.3) is 0 Å². The Morgan fingerprint density at radius 3 is 2.22 bits per heavy atom. The Morgan fingerprint density at radius 1 is 1.13 bits per heavy atom. The first-order valence-corrected chi connectivity index (χ1v) is 6.89. The molecule has 0 saturated heterocycles. The maximum atomic E-state index is 12.6. The van der Waals surface area contributed by atoms with Crippen LogP contribution in [0.15, 0.2) is 30.3 Å². The van der Waals surface area contributed by atoms with Crippen LogP contribution in [-0.2, 0) is 25.2 Å². The summed E-state index contributed by atoms with van der Waals surface area (Å²) in [5.74, 6) is -1.10. The standard InChI is InChI=1S/C16H17F3O4/c1-3-23-15(21)10-12(6-9-14(20)22-2)11-4-7-13(8-5-11)16(17,18)19/h4-5,7-8,10H,3,6,9H2,1-2H3/b12-10-. The van der Waals surface area contributed by atoms with E-state index in [4.69, 9.17) is 4.74 Å². The van der Waals surface area contributed by atoms with Crippen molar-refractivity contribution in [2.75, 3.05) is 13.7 Å². The molecule has 1 aromatic rings. The van der Waals surface area contributed by atoms with Crippen molar-refractivity contribution in [3.8, 4) is 0 Å². The molecule has 0 bridgehead atoms. The van der Waals surface area contributed by atoms with Crippen LogP contribution < -0.4 is 0 Å². The van der Waals surface area contributed by atoms with Crippen LogP contribution in [0.3, 0.4) is 0 Å². The van der Waals surface area contributed by atoms with Gasteiger partial charge in [0.05, 0.1) is 19.3 Å². The molecule has 0 N–H and O–H groups in total. The Kier molecular flexibility index (Phi) is 6.81. The number of hydrogen-bond acceptors (Lipinski definition) is 4. The Morgan fingerprint density at radius 2 is 1.74 bits per heavy atom. The van der Waals surface area contributed by atoms with E-state index in [2.05, 4.69) is 4.74 Å². The summed E-state index contributed by atoms with van der Waals surface area (Å²) < 4.78 is 47.1. The molecule has 4 nitrogen and oxygen atoms in total. The average molecular weight is 330 g/mol. The fraction of sp³-hybridized carbons (Fsp3) is 0.375. The Hall–Kier alpha value is -2.31. The predicted octanol–water partition coefficient (Wildman–Crippen LogP) is 3.61. The van der Waals surface area contributed by atoms with Crippen LogP contribution in [0.4, 0.5) is 13.2 Å². The van der Waals surface area contributed by atoms with Crippen molar-refractivity contribution in [1.29, 1.82) is 0 Å². The molecular weight excluding hydrogens is 313 g/mol. The molecule has 0 aliphatic rings. The Balaban J connectivity index is 3.03. The molecule has 23 heavy (non-hydrogen) atoms. The lowest BCUT2D eigenvalue weighted by atomic mass is 9.99. The van der Waals surface area contributed by atoms with Gasteiger partial charge in [-0.2, -0.15) is 13.2 Å². The first-order valence-electron chi connectivity index (χ1n) is 6.89. The van der Waals surface area contributed by atoms with Gasteiger partial charge >= 0.3 is 18.1 Å². The molecule has 0 spiro atoms. The van der Waals surface area contributed by atoms with E-state index in [-0.39, 0.29) is 19.4 Å². The number of alkyl halides is 3. The van der Waals surface area contributed by atoms with Crippen LogP contribution in [0.1, 0.15) is 30.9 Å². The second-order valence-electron chi connectivity index (χ2n) is 4.57. The van der Waals surface area contributed by atoms with E-state index >= 15 is 0 Å². The van der Waals surface area contributed by atoms with Crippen molar-refractivity contribution in [3.63, 3.8) is 0 Å². The molecule has 1 rings (SSSR count). The van der Waals surface area contributed by atoms with Gasteiger partial charge in [-0.15, -0.1) is 0 Å². The van der Waals surface area contributed by atoms with E-state index in [1.807, 2.05) is 0 Å². The minimum Gasteiger partial charge on any atom is -0.469 e. The minimum atomic E-state index is -4.43. The number of halogens is 3. The SMILES string of the molecule is CCOC(=O)/C=C(/CCC(=O)OC)c1ccc(C(F)(F)F)cc1. The molecule has 0 radical (unpaired) electrons. The third-order valence-corrected chi connectivity index (χ3v) is 2.99. The number of esters is 2. The topological polar surface area (TPSA) is 52.6 Å². The number of methoxy groups -OCH3 is 1. The highest BCUT2D eigenvalue weighted by molar-refractivity contribution is 5.92. The van der Waals surface area contributed by atoms with Crippen LogP contribution in [-0.4, -0.2) is 25.7 Å². The summed E-state index contributed by atoms with van der Waals surface area (Å²) in [6.45, 7) is 1.81. The number of benzene rings is 1. The summed E-state index contributed by atoms with van der Waals surface area (Å²) in [7, 11) is 1.23. The monoisotopic (exact) mass is 330 g/mol. The first-order chi connectivity index (χ1) is 10.8. The average Bonchev–Trinajstić information content (AvgIpc) is 2.50. The number of hydrogen-bond donors (Lipinski definition) is 0. The highest BCUT2D eigenvalue weighted by Gasteiger charge is 2.30. The summed E-state index contributed by atoms with van der Waals surface area (Å²) in [4.78, 5) is 22.8. The third-order valence-electron chi connectivity index (χ3n) is 2.99. The number of carbonyl (C=O) groups is 2. The molecule has 0 unspecified atom stereocenters. The zero-order valence-corrected chi connectivity index (χ0v) is 12.8. The molecule has 0 saturated carbocycles. The largest absolute Gasteiger partial charge is 0.469 e. The van der Waals surface area contributed by atoms with E-state index in [1.165, 1.54) is 25.3 Å². The number of allylic oxidation sites excluding steroid dienone is 1. The van der Waals surface area contributed by atoms with Crippen molar-refractivity contribution in [3.05, 3.63) is 41.5 Å². The van der Waals surface area contributed by atoms with Crippen molar-refractivity contribution in [2.45, 2.75) is 25.9 Å². The molecule has 1 aromatic carbocycles. The van der Waals surface area contributed by atoms with Gasteiger partial charge in [0.1, 0.15) is 0 Å². The van der Waals surface area contributed by atoms with Crippen LogP contribution in [0.25, 0.3) is 5.57 Å². The van der Waals surface area contributed by atoms with E-state index < -0.39 is 23.7 Å². The van der Waals surface area contributed by atoms with Crippen LogP contribution >= 0.6 is 0 Å². The van der Waals surface area contributed by atoms with Gasteiger partial charge in [-0.1, -0.05) is 12.1 Å². The lowest BCUT2D eigenvalue weighted by Gasteiger charge is -2.10. The smallest absolute Gasteiger partial charge is 0.416 e. The van der Waals surface area contributed by atoms with Gasteiger partial charge in [0, 0.05) is 12.5 Å². The minimum absolute atomic E-state index is 0.00274. The quantitative estimate of drug-likeness (QED) is 0.591. The maximum absolute atomic E-state index is 12.6. The van der Waals surface area contributed by atoms with Gasteiger partial charge in [-0.05, 0) is 36.6 Å². The fourth-order valence-electron chi connectivity index (χ4n) is 1.84. The molecule has 7 heteroatoms. The Bertz CT molecular complexity index is 574. The molecule has 0 atom stereocenters. The van der Waals surface area contributed by atoms with Crippen molar-refractivity contribution >= 4 is 17.5 Å². The van der Waals surface area contributed by atoms with E-state index in [1.54, 1.807) is 6.92 Å². The number of rotatable bonds is 6. The van der Waals surface area contributed by atoms with Crippen molar-refractivity contribution in [1.82, 2.24) is 0 Å². The molecule has 0 amide bonds. The normalized spacial score (nSPS) is 12.0. The van der Waals surface area contributed by atoms with Crippen molar-refractivity contribution in [2.24, 2.45) is 0 Å². The lowest BCUT2D eigenvalue weighted by Crippen LogP contribution is -2.06. The lowest BCUT2D eigenvalue weighted by molar-refractivity contribution is -0.140. The molecule has 0 aliphatic carbocycles. The molecule has 0 fully saturated rings. The zero-order valence-electron chi connectivity index (χ0n) is 12.8. The molecular formula is C16H17F3O4. The summed E-state index contributed by atoms with van der Waals surface area (Å²) in [6, 6.07) is 4.36. The van der Waals surface area contributed by atoms with Crippen LogP contribution in [0.2, 0.25) is 0 Å².